The van der Waals surface area contributed by atoms with Crippen LogP contribution in [0.2, 0.25) is 0 Å². The average molecular weight is 240 g/mol. The number of carbonyl (C=O) groups is 1. The van der Waals surface area contributed by atoms with Gasteiger partial charge in [-0.25, -0.2) is 0 Å². The summed E-state index contributed by atoms with van der Waals surface area (Å²) in [6.45, 7) is 5.85. The Kier molecular flexibility index (Phi) is 4.81. The van der Waals surface area contributed by atoms with E-state index in [0.717, 1.165) is 12.8 Å². The van der Waals surface area contributed by atoms with Crippen molar-refractivity contribution in [2.45, 2.75) is 52.1 Å². The molecule has 0 N–H and O–H groups in total. The van der Waals surface area contributed by atoms with Crippen LogP contribution in [0.25, 0.3) is 0 Å². The van der Waals surface area contributed by atoms with E-state index in [9.17, 15) is 4.79 Å². The Hall–Kier alpha value is -1.23. The van der Waals surface area contributed by atoms with Crippen LogP contribution in [0.1, 0.15) is 51.7 Å². The number of ether oxygens (including phenoxy) is 1. The first-order chi connectivity index (χ1) is 8.05. The maximum Gasteiger partial charge on any atom is 0.234 e. The van der Waals surface area contributed by atoms with Crippen molar-refractivity contribution in [2.75, 3.05) is 7.11 Å². The van der Waals surface area contributed by atoms with E-state index in [-0.39, 0.29) is 12.2 Å². The minimum Gasteiger partial charge on any atom is -0.370 e. The zero-order valence-electron chi connectivity index (χ0n) is 10.9. The van der Waals surface area contributed by atoms with Crippen molar-refractivity contribution in [3.63, 3.8) is 0 Å². The lowest BCUT2D eigenvalue weighted by Crippen LogP contribution is -2.24. The second-order valence-corrected chi connectivity index (χ2v) is 4.27. The highest BCUT2D eigenvalue weighted by Crippen LogP contribution is 2.25. The second-order valence-electron chi connectivity index (χ2n) is 4.27. The third kappa shape index (κ3) is 3.36. The van der Waals surface area contributed by atoms with Gasteiger partial charge in [-0.2, -0.15) is 4.98 Å². The lowest BCUT2D eigenvalue weighted by Gasteiger charge is -2.21. The van der Waals surface area contributed by atoms with Crippen LogP contribution in [0.15, 0.2) is 4.52 Å². The van der Waals surface area contributed by atoms with Crippen LogP contribution in [0.3, 0.4) is 0 Å². The number of methoxy groups -OCH3 is 1. The van der Waals surface area contributed by atoms with Gasteiger partial charge in [0.2, 0.25) is 11.7 Å². The molecule has 1 atom stereocenters. The van der Waals surface area contributed by atoms with Gasteiger partial charge in [0.05, 0.1) is 6.42 Å². The summed E-state index contributed by atoms with van der Waals surface area (Å²) < 4.78 is 10.4. The maximum absolute atomic E-state index is 11.5. The molecule has 1 rings (SSSR count). The van der Waals surface area contributed by atoms with Gasteiger partial charge in [0.25, 0.3) is 0 Å². The predicted molar refractivity (Wildman–Crippen MR) is 62.6 cm³/mol. The van der Waals surface area contributed by atoms with Gasteiger partial charge in [-0.05, 0) is 19.8 Å². The van der Waals surface area contributed by atoms with Crippen molar-refractivity contribution in [3.05, 3.63) is 11.7 Å². The van der Waals surface area contributed by atoms with E-state index in [0.29, 0.717) is 18.1 Å². The standard InChI is InChI=1S/C12H20N2O3/c1-5-7-9(15)8-10-13-11(14-17-10)12(3,6-2)16-4/h5-8H2,1-4H3. The van der Waals surface area contributed by atoms with E-state index in [4.69, 9.17) is 9.26 Å². The fraction of sp³-hybridized carbons (Fsp3) is 0.750. The van der Waals surface area contributed by atoms with Crippen molar-refractivity contribution in [1.82, 2.24) is 10.1 Å². The molecule has 0 bridgehead atoms. The molecule has 0 saturated carbocycles. The predicted octanol–water partition coefficient (Wildman–Crippen LogP) is 2.25. The van der Waals surface area contributed by atoms with Gasteiger partial charge < -0.3 is 9.26 Å². The van der Waals surface area contributed by atoms with Gasteiger partial charge in [-0.15, -0.1) is 0 Å². The first-order valence-electron chi connectivity index (χ1n) is 5.95. The highest BCUT2D eigenvalue weighted by atomic mass is 16.5. The minimum atomic E-state index is -0.546. The molecule has 1 unspecified atom stereocenters. The van der Waals surface area contributed by atoms with Crippen molar-refractivity contribution < 1.29 is 14.1 Å². The molecule has 1 aromatic heterocycles. The molecule has 5 nitrogen and oxygen atoms in total. The summed E-state index contributed by atoms with van der Waals surface area (Å²) in [6.07, 6.45) is 2.34. The molecule has 17 heavy (non-hydrogen) atoms. The van der Waals surface area contributed by atoms with E-state index >= 15 is 0 Å². The number of hydrogen-bond donors (Lipinski definition) is 0. The van der Waals surface area contributed by atoms with E-state index in [1.165, 1.54) is 0 Å². The van der Waals surface area contributed by atoms with Gasteiger partial charge in [-0.3, -0.25) is 4.79 Å². The van der Waals surface area contributed by atoms with E-state index < -0.39 is 5.60 Å². The zero-order valence-corrected chi connectivity index (χ0v) is 10.9. The summed E-state index contributed by atoms with van der Waals surface area (Å²) in [5.41, 5.74) is -0.546. The normalized spacial score (nSPS) is 14.6. The molecule has 5 heteroatoms. The monoisotopic (exact) mass is 240 g/mol. The highest BCUT2D eigenvalue weighted by Gasteiger charge is 2.30. The summed E-state index contributed by atoms with van der Waals surface area (Å²) in [5.74, 6) is 0.996. The van der Waals surface area contributed by atoms with Gasteiger partial charge in [0.1, 0.15) is 11.4 Å². The first-order valence-corrected chi connectivity index (χ1v) is 5.95. The number of aromatic nitrogens is 2. The quantitative estimate of drug-likeness (QED) is 0.731. The summed E-state index contributed by atoms with van der Waals surface area (Å²) in [4.78, 5) is 15.7. The molecule has 0 radical (unpaired) electrons. The Morgan fingerprint density at radius 1 is 1.47 bits per heavy atom. The molecule has 0 fully saturated rings. The number of rotatable bonds is 7. The molecule has 96 valence electrons. The Morgan fingerprint density at radius 3 is 2.71 bits per heavy atom. The van der Waals surface area contributed by atoms with Gasteiger partial charge in [0, 0.05) is 13.5 Å². The van der Waals surface area contributed by atoms with Crippen molar-refractivity contribution in [2.24, 2.45) is 0 Å². The fourth-order valence-electron chi connectivity index (χ4n) is 1.47. The summed E-state index contributed by atoms with van der Waals surface area (Å²) >= 11 is 0. The SMILES string of the molecule is CCCC(=O)Cc1nc(C(C)(CC)OC)no1. The lowest BCUT2D eigenvalue weighted by atomic mass is 10.0. The molecule has 0 aromatic carbocycles. The van der Waals surface area contributed by atoms with Gasteiger partial charge >= 0.3 is 0 Å². The van der Waals surface area contributed by atoms with Crippen LogP contribution >= 0.6 is 0 Å². The number of nitrogens with zero attached hydrogens (tertiary/aromatic N) is 2. The third-order valence-corrected chi connectivity index (χ3v) is 2.94. The van der Waals surface area contributed by atoms with Crippen LogP contribution in [-0.4, -0.2) is 23.0 Å². The lowest BCUT2D eigenvalue weighted by molar-refractivity contribution is -0.118. The smallest absolute Gasteiger partial charge is 0.234 e. The molecule has 0 amide bonds. The molecule has 0 aliphatic heterocycles. The number of Topliss-reactive ketones (excluding diaryl/α,β-unsaturated/α-hetero) is 1. The summed E-state index contributed by atoms with van der Waals surface area (Å²) in [6, 6.07) is 0. The van der Waals surface area contributed by atoms with E-state index in [2.05, 4.69) is 10.1 Å². The third-order valence-electron chi connectivity index (χ3n) is 2.94. The Morgan fingerprint density at radius 2 is 2.18 bits per heavy atom. The Bertz CT molecular complexity index is 370. The van der Waals surface area contributed by atoms with Crippen molar-refractivity contribution in [3.8, 4) is 0 Å². The van der Waals surface area contributed by atoms with Crippen LogP contribution < -0.4 is 0 Å². The largest absolute Gasteiger partial charge is 0.370 e. The van der Waals surface area contributed by atoms with Crippen LogP contribution in [-0.2, 0) is 21.6 Å². The Labute approximate surface area is 102 Å². The number of ketones is 1. The van der Waals surface area contributed by atoms with Gasteiger partial charge in [0.15, 0.2) is 0 Å². The maximum atomic E-state index is 11.5. The molecule has 1 aromatic rings. The number of hydrogen-bond acceptors (Lipinski definition) is 5. The van der Waals surface area contributed by atoms with E-state index in [1.807, 2.05) is 20.8 Å². The van der Waals surface area contributed by atoms with Crippen molar-refractivity contribution in [1.29, 1.82) is 0 Å². The average Bonchev–Trinajstić information content (AvgIpc) is 2.77. The Balaban J connectivity index is 2.74. The van der Waals surface area contributed by atoms with Crippen LogP contribution in [0.4, 0.5) is 0 Å². The summed E-state index contributed by atoms with van der Waals surface area (Å²) in [5, 5.41) is 3.88. The fourth-order valence-corrected chi connectivity index (χ4v) is 1.47. The molecule has 0 saturated heterocycles. The molecular formula is C12H20N2O3. The summed E-state index contributed by atoms with van der Waals surface area (Å²) in [7, 11) is 1.61. The van der Waals surface area contributed by atoms with Crippen LogP contribution in [0, 0.1) is 0 Å². The molecular weight excluding hydrogens is 220 g/mol. The topological polar surface area (TPSA) is 65.2 Å². The van der Waals surface area contributed by atoms with E-state index in [1.54, 1.807) is 7.11 Å². The highest BCUT2D eigenvalue weighted by molar-refractivity contribution is 5.79. The minimum absolute atomic E-state index is 0.123. The molecule has 0 spiro atoms. The molecule has 0 aliphatic rings. The molecule has 0 aliphatic carbocycles. The second kappa shape index (κ2) is 5.91. The first kappa shape index (κ1) is 13.8. The molecule has 1 heterocycles. The van der Waals surface area contributed by atoms with Gasteiger partial charge in [-0.1, -0.05) is 19.0 Å². The number of carbonyl (C=O) groups excluding carboxylic acids is 1. The van der Waals surface area contributed by atoms with Crippen LogP contribution in [0.5, 0.6) is 0 Å². The zero-order chi connectivity index (χ0) is 12.9. The van der Waals surface area contributed by atoms with Crippen molar-refractivity contribution >= 4 is 5.78 Å².